The molecule has 56 valence electrons. The average molecular weight is 140 g/mol. The SMILES string of the molecule is O=C1NC[C@@H]2CNCC[C@@H]12. The maximum absolute atomic E-state index is 11.1. The molecule has 0 bridgehead atoms. The van der Waals surface area contributed by atoms with Gasteiger partial charge in [0.05, 0.1) is 0 Å². The Balaban J connectivity index is 2.08. The van der Waals surface area contributed by atoms with E-state index < -0.39 is 0 Å². The van der Waals surface area contributed by atoms with Crippen molar-refractivity contribution in [2.75, 3.05) is 19.6 Å². The zero-order chi connectivity index (χ0) is 6.97. The molecule has 3 heteroatoms. The summed E-state index contributed by atoms with van der Waals surface area (Å²) in [5.74, 6) is 1.16. The van der Waals surface area contributed by atoms with Gasteiger partial charge in [0.2, 0.25) is 5.91 Å². The average Bonchev–Trinajstić information content (AvgIpc) is 2.34. The number of hydrogen-bond donors (Lipinski definition) is 2. The Bertz CT molecular complexity index is 158. The topological polar surface area (TPSA) is 41.1 Å². The lowest BCUT2D eigenvalue weighted by Gasteiger charge is -2.22. The molecule has 0 aromatic rings. The minimum Gasteiger partial charge on any atom is -0.355 e. The lowest BCUT2D eigenvalue weighted by atomic mass is 9.89. The fourth-order valence-corrected chi connectivity index (χ4v) is 1.85. The molecule has 2 atom stereocenters. The van der Waals surface area contributed by atoms with Gasteiger partial charge < -0.3 is 10.6 Å². The Morgan fingerprint density at radius 3 is 3.10 bits per heavy atom. The van der Waals surface area contributed by atoms with Crippen molar-refractivity contribution >= 4 is 5.91 Å². The van der Waals surface area contributed by atoms with Crippen molar-refractivity contribution in [3.63, 3.8) is 0 Å². The van der Waals surface area contributed by atoms with Gasteiger partial charge in [0.25, 0.3) is 0 Å². The smallest absolute Gasteiger partial charge is 0.223 e. The fraction of sp³-hybridized carbons (Fsp3) is 0.857. The first-order chi connectivity index (χ1) is 4.88. The van der Waals surface area contributed by atoms with Crippen LogP contribution < -0.4 is 10.6 Å². The molecule has 2 heterocycles. The van der Waals surface area contributed by atoms with Crippen LogP contribution in [0.4, 0.5) is 0 Å². The van der Waals surface area contributed by atoms with E-state index in [2.05, 4.69) is 10.6 Å². The predicted octanol–water partition coefficient (Wildman–Crippen LogP) is -0.658. The van der Waals surface area contributed by atoms with E-state index in [0.29, 0.717) is 11.8 Å². The van der Waals surface area contributed by atoms with E-state index in [4.69, 9.17) is 0 Å². The minimum atomic E-state index is 0.270. The van der Waals surface area contributed by atoms with Gasteiger partial charge in [-0.2, -0.15) is 0 Å². The first-order valence-corrected chi connectivity index (χ1v) is 3.86. The monoisotopic (exact) mass is 140 g/mol. The van der Waals surface area contributed by atoms with Crippen molar-refractivity contribution in [3.8, 4) is 0 Å². The third kappa shape index (κ3) is 0.814. The molecule has 0 aliphatic carbocycles. The number of fused-ring (bicyclic) bond motifs is 1. The Kier molecular flexibility index (Phi) is 1.38. The van der Waals surface area contributed by atoms with E-state index in [1.807, 2.05) is 0 Å². The summed E-state index contributed by atoms with van der Waals surface area (Å²) < 4.78 is 0. The molecule has 2 saturated heterocycles. The first-order valence-electron chi connectivity index (χ1n) is 3.86. The summed E-state index contributed by atoms with van der Waals surface area (Å²) in [5.41, 5.74) is 0. The Labute approximate surface area is 60.2 Å². The Morgan fingerprint density at radius 1 is 1.40 bits per heavy atom. The molecule has 0 saturated carbocycles. The molecular formula is C7H12N2O. The van der Waals surface area contributed by atoms with Crippen molar-refractivity contribution in [1.82, 2.24) is 10.6 Å². The molecule has 1 amide bonds. The number of amides is 1. The largest absolute Gasteiger partial charge is 0.355 e. The second kappa shape index (κ2) is 2.23. The highest BCUT2D eigenvalue weighted by atomic mass is 16.2. The second-order valence-corrected chi connectivity index (χ2v) is 3.10. The van der Waals surface area contributed by atoms with Crippen LogP contribution >= 0.6 is 0 Å². The van der Waals surface area contributed by atoms with Crippen molar-refractivity contribution < 1.29 is 4.79 Å². The molecule has 0 unspecified atom stereocenters. The van der Waals surface area contributed by atoms with Crippen LogP contribution in [0.1, 0.15) is 6.42 Å². The summed E-state index contributed by atoms with van der Waals surface area (Å²) in [7, 11) is 0. The van der Waals surface area contributed by atoms with E-state index in [1.54, 1.807) is 0 Å². The van der Waals surface area contributed by atoms with Crippen LogP contribution in [-0.4, -0.2) is 25.5 Å². The van der Waals surface area contributed by atoms with E-state index in [0.717, 1.165) is 26.1 Å². The van der Waals surface area contributed by atoms with Crippen molar-refractivity contribution in [2.24, 2.45) is 11.8 Å². The molecule has 0 aromatic carbocycles. The summed E-state index contributed by atoms with van der Waals surface area (Å²) in [6.45, 7) is 2.91. The number of piperidine rings is 1. The molecule has 2 N–H and O–H groups in total. The van der Waals surface area contributed by atoms with Crippen LogP contribution in [0.25, 0.3) is 0 Å². The minimum absolute atomic E-state index is 0.270. The van der Waals surface area contributed by atoms with Crippen LogP contribution in [0.2, 0.25) is 0 Å². The van der Waals surface area contributed by atoms with Crippen LogP contribution in [0.3, 0.4) is 0 Å². The summed E-state index contributed by atoms with van der Waals surface area (Å²) in [4.78, 5) is 11.1. The van der Waals surface area contributed by atoms with Gasteiger partial charge in [-0.15, -0.1) is 0 Å². The third-order valence-electron chi connectivity index (χ3n) is 2.48. The molecule has 2 fully saturated rings. The molecule has 0 aromatic heterocycles. The number of carbonyl (C=O) groups excluding carboxylic acids is 1. The van der Waals surface area contributed by atoms with Gasteiger partial charge >= 0.3 is 0 Å². The summed E-state index contributed by atoms with van der Waals surface area (Å²) in [6, 6.07) is 0. The molecule has 0 radical (unpaired) electrons. The predicted molar refractivity (Wildman–Crippen MR) is 37.5 cm³/mol. The maximum atomic E-state index is 11.1. The summed E-state index contributed by atoms with van der Waals surface area (Å²) >= 11 is 0. The molecule has 3 nitrogen and oxygen atoms in total. The van der Waals surface area contributed by atoms with Crippen LogP contribution in [0.5, 0.6) is 0 Å². The molecular weight excluding hydrogens is 128 g/mol. The zero-order valence-electron chi connectivity index (χ0n) is 5.89. The molecule has 2 aliphatic rings. The fourth-order valence-electron chi connectivity index (χ4n) is 1.85. The van der Waals surface area contributed by atoms with Gasteiger partial charge in [0.1, 0.15) is 0 Å². The quantitative estimate of drug-likeness (QED) is 0.469. The Morgan fingerprint density at radius 2 is 2.30 bits per heavy atom. The van der Waals surface area contributed by atoms with Gasteiger partial charge in [0.15, 0.2) is 0 Å². The number of nitrogens with one attached hydrogen (secondary N) is 2. The van der Waals surface area contributed by atoms with E-state index in [1.165, 1.54) is 0 Å². The van der Waals surface area contributed by atoms with Crippen LogP contribution in [0, 0.1) is 11.8 Å². The first kappa shape index (κ1) is 6.16. The lowest BCUT2D eigenvalue weighted by molar-refractivity contribution is -0.123. The highest BCUT2D eigenvalue weighted by molar-refractivity contribution is 5.81. The van der Waals surface area contributed by atoms with Crippen molar-refractivity contribution in [1.29, 1.82) is 0 Å². The van der Waals surface area contributed by atoms with Crippen LogP contribution in [0.15, 0.2) is 0 Å². The van der Waals surface area contributed by atoms with Gasteiger partial charge in [0, 0.05) is 24.9 Å². The second-order valence-electron chi connectivity index (χ2n) is 3.10. The van der Waals surface area contributed by atoms with Gasteiger partial charge in [-0.1, -0.05) is 0 Å². The number of rotatable bonds is 0. The van der Waals surface area contributed by atoms with E-state index in [-0.39, 0.29) is 5.91 Å². The van der Waals surface area contributed by atoms with E-state index >= 15 is 0 Å². The van der Waals surface area contributed by atoms with Gasteiger partial charge in [-0.05, 0) is 13.0 Å². The van der Waals surface area contributed by atoms with Gasteiger partial charge in [-0.25, -0.2) is 0 Å². The molecule has 0 spiro atoms. The lowest BCUT2D eigenvalue weighted by Crippen LogP contribution is -2.36. The molecule has 10 heavy (non-hydrogen) atoms. The van der Waals surface area contributed by atoms with Crippen molar-refractivity contribution in [3.05, 3.63) is 0 Å². The molecule has 2 aliphatic heterocycles. The van der Waals surface area contributed by atoms with Crippen molar-refractivity contribution in [2.45, 2.75) is 6.42 Å². The van der Waals surface area contributed by atoms with Crippen LogP contribution in [-0.2, 0) is 4.79 Å². The number of carbonyl (C=O) groups is 1. The van der Waals surface area contributed by atoms with Gasteiger partial charge in [-0.3, -0.25) is 4.79 Å². The highest BCUT2D eigenvalue weighted by Crippen LogP contribution is 2.22. The number of hydrogen-bond acceptors (Lipinski definition) is 2. The third-order valence-corrected chi connectivity index (χ3v) is 2.48. The summed E-state index contributed by atoms with van der Waals surface area (Å²) in [6.07, 6.45) is 1.02. The normalized spacial score (nSPS) is 39.0. The summed E-state index contributed by atoms with van der Waals surface area (Å²) in [5, 5.41) is 6.17. The maximum Gasteiger partial charge on any atom is 0.223 e. The highest BCUT2D eigenvalue weighted by Gasteiger charge is 2.35. The standard InChI is InChI=1S/C7H12N2O/c10-7-6-1-2-8-3-5(6)4-9-7/h5-6,8H,1-4H2,(H,9,10)/t5-,6+/m0/s1. The molecule has 2 rings (SSSR count). The Hall–Kier alpha value is -0.570. The zero-order valence-corrected chi connectivity index (χ0v) is 5.89. The van der Waals surface area contributed by atoms with E-state index in [9.17, 15) is 4.79 Å².